The van der Waals surface area contributed by atoms with Crippen LogP contribution in [0.1, 0.15) is 18.4 Å². The number of hydrogen-bond acceptors (Lipinski definition) is 4. The molecule has 20 heavy (non-hydrogen) atoms. The van der Waals surface area contributed by atoms with E-state index in [0.29, 0.717) is 12.4 Å². The predicted molar refractivity (Wildman–Crippen MR) is 67.3 cm³/mol. The van der Waals surface area contributed by atoms with Crippen molar-refractivity contribution in [3.63, 3.8) is 0 Å². The number of alkyl halides is 3. The Morgan fingerprint density at radius 3 is 2.50 bits per heavy atom. The summed E-state index contributed by atoms with van der Waals surface area (Å²) >= 11 is 0. The third-order valence-electron chi connectivity index (χ3n) is 3.71. The first-order valence-corrected chi connectivity index (χ1v) is 6.49. The third-order valence-corrected chi connectivity index (χ3v) is 3.71. The van der Waals surface area contributed by atoms with Crippen LogP contribution in [0.3, 0.4) is 0 Å². The van der Waals surface area contributed by atoms with Crippen molar-refractivity contribution in [2.24, 2.45) is 5.92 Å². The molecule has 0 saturated carbocycles. The van der Waals surface area contributed by atoms with Gasteiger partial charge in [-0.3, -0.25) is 0 Å². The highest BCUT2D eigenvalue weighted by Crippen LogP contribution is 2.31. The van der Waals surface area contributed by atoms with E-state index >= 15 is 0 Å². The highest BCUT2D eigenvalue weighted by atomic mass is 19.4. The minimum absolute atomic E-state index is 0.0532. The Hall–Kier alpha value is -1.34. The first kappa shape index (κ1) is 15.1. The Balaban J connectivity index is 2.21. The molecule has 1 fully saturated rings. The monoisotopic (exact) mass is 290 g/mol. The largest absolute Gasteiger partial charge is 0.417 e. The third kappa shape index (κ3) is 3.04. The highest BCUT2D eigenvalue weighted by molar-refractivity contribution is 5.42. The normalized spacial score (nSPS) is 23.9. The summed E-state index contributed by atoms with van der Waals surface area (Å²) in [5.74, 6) is 0.313. The molecule has 2 atom stereocenters. The second kappa shape index (κ2) is 5.97. The lowest BCUT2D eigenvalue weighted by Crippen LogP contribution is -2.49. The second-order valence-electron chi connectivity index (χ2n) is 4.93. The fraction of sp³-hybridized carbons (Fsp3) is 0.615. The van der Waals surface area contributed by atoms with Gasteiger partial charge in [-0.25, -0.2) is 4.98 Å². The van der Waals surface area contributed by atoms with E-state index in [1.807, 2.05) is 0 Å². The van der Waals surface area contributed by atoms with E-state index in [2.05, 4.69) is 4.98 Å². The van der Waals surface area contributed by atoms with Crippen LogP contribution >= 0.6 is 0 Å². The number of nitrogens with zero attached hydrogens (tertiary/aromatic N) is 2. The second-order valence-corrected chi connectivity index (χ2v) is 4.93. The molecule has 0 aliphatic carbocycles. The zero-order valence-corrected chi connectivity index (χ0v) is 10.8. The molecule has 0 unspecified atom stereocenters. The standard InChI is InChI=1S/C13H17F3N2O2/c14-13(15,16)10-3-4-12(17-6-10)18-5-1-2-9(7-19)11(18)8-20/h3-4,6,9,11,19-20H,1-2,5,7-8H2/t9-,11+/m0/s1. The van der Waals surface area contributed by atoms with Crippen LogP contribution in [0.4, 0.5) is 19.0 Å². The van der Waals surface area contributed by atoms with E-state index in [1.165, 1.54) is 6.07 Å². The van der Waals surface area contributed by atoms with Crippen molar-refractivity contribution in [1.29, 1.82) is 0 Å². The van der Waals surface area contributed by atoms with E-state index < -0.39 is 11.7 Å². The van der Waals surface area contributed by atoms with Gasteiger partial charge in [0.15, 0.2) is 0 Å². The molecule has 112 valence electrons. The van der Waals surface area contributed by atoms with Crippen LogP contribution in [0, 0.1) is 5.92 Å². The van der Waals surface area contributed by atoms with Gasteiger partial charge in [-0.2, -0.15) is 13.2 Å². The molecular formula is C13H17F3N2O2. The molecular weight excluding hydrogens is 273 g/mol. The molecule has 0 aromatic carbocycles. The van der Waals surface area contributed by atoms with Crippen LogP contribution in [0.25, 0.3) is 0 Å². The van der Waals surface area contributed by atoms with Gasteiger partial charge in [0.25, 0.3) is 0 Å². The number of aromatic nitrogens is 1. The Bertz CT molecular complexity index is 436. The molecule has 2 N–H and O–H groups in total. The lowest BCUT2D eigenvalue weighted by atomic mass is 9.90. The van der Waals surface area contributed by atoms with Crippen molar-refractivity contribution in [3.05, 3.63) is 23.9 Å². The van der Waals surface area contributed by atoms with Crippen LogP contribution in [0.15, 0.2) is 18.3 Å². The number of hydrogen-bond donors (Lipinski definition) is 2. The van der Waals surface area contributed by atoms with E-state index in [1.54, 1.807) is 4.90 Å². The minimum atomic E-state index is -4.41. The van der Waals surface area contributed by atoms with Gasteiger partial charge in [0.1, 0.15) is 5.82 Å². The molecule has 7 heteroatoms. The molecule has 2 rings (SSSR count). The molecule has 1 aliphatic rings. The predicted octanol–water partition coefficient (Wildman–Crippen LogP) is 1.67. The lowest BCUT2D eigenvalue weighted by molar-refractivity contribution is -0.137. The van der Waals surface area contributed by atoms with Crippen LogP contribution in [0.2, 0.25) is 0 Å². The average molecular weight is 290 g/mol. The summed E-state index contributed by atoms with van der Waals surface area (Å²) in [6.45, 7) is 0.399. The van der Waals surface area contributed by atoms with Gasteiger partial charge >= 0.3 is 6.18 Å². The summed E-state index contributed by atoms with van der Waals surface area (Å²) < 4.78 is 37.5. The van der Waals surface area contributed by atoms with Gasteiger partial charge in [0.2, 0.25) is 0 Å². The number of rotatable bonds is 3. The number of anilines is 1. The number of pyridine rings is 1. The van der Waals surface area contributed by atoms with Gasteiger partial charge in [-0.1, -0.05) is 0 Å². The van der Waals surface area contributed by atoms with Crippen molar-refractivity contribution in [1.82, 2.24) is 4.98 Å². The Kier molecular flexibility index (Phi) is 4.49. The molecule has 0 amide bonds. The highest BCUT2D eigenvalue weighted by Gasteiger charge is 2.33. The smallest absolute Gasteiger partial charge is 0.396 e. The topological polar surface area (TPSA) is 56.6 Å². The fourth-order valence-electron chi connectivity index (χ4n) is 2.61. The minimum Gasteiger partial charge on any atom is -0.396 e. The van der Waals surface area contributed by atoms with Gasteiger partial charge < -0.3 is 15.1 Å². The summed E-state index contributed by atoms with van der Waals surface area (Å²) in [5.41, 5.74) is -0.794. The Labute approximate surface area is 114 Å². The van der Waals surface area contributed by atoms with Crippen LogP contribution in [-0.2, 0) is 6.18 Å². The number of aliphatic hydroxyl groups is 2. The number of halogens is 3. The molecule has 1 aliphatic heterocycles. The maximum Gasteiger partial charge on any atom is 0.417 e. The van der Waals surface area contributed by atoms with Crippen LogP contribution in [0.5, 0.6) is 0 Å². The molecule has 1 aromatic rings. The zero-order valence-electron chi connectivity index (χ0n) is 10.8. The van der Waals surface area contributed by atoms with Crippen LogP contribution < -0.4 is 4.90 Å². The molecule has 1 saturated heterocycles. The first-order valence-electron chi connectivity index (χ1n) is 6.49. The summed E-state index contributed by atoms with van der Waals surface area (Å²) in [6.07, 6.45) is -2.01. The summed E-state index contributed by atoms with van der Waals surface area (Å²) in [4.78, 5) is 5.62. The van der Waals surface area contributed by atoms with Crippen molar-refractivity contribution in [2.45, 2.75) is 25.1 Å². The first-order chi connectivity index (χ1) is 9.47. The van der Waals surface area contributed by atoms with E-state index in [0.717, 1.165) is 25.1 Å². The summed E-state index contributed by atoms with van der Waals surface area (Å²) in [5, 5.41) is 18.7. The fourth-order valence-corrected chi connectivity index (χ4v) is 2.61. The van der Waals surface area contributed by atoms with Crippen LogP contribution in [-0.4, -0.2) is 41.0 Å². The van der Waals surface area contributed by atoms with E-state index in [4.69, 9.17) is 0 Å². The van der Waals surface area contributed by atoms with Crippen molar-refractivity contribution < 1.29 is 23.4 Å². The van der Waals surface area contributed by atoms with Gasteiger partial charge in [0, 0.05) is 25.3 Å². The average Bonchev–Trinajstić information content (AvgIpc) is 2.45. The molecule has 0 bridgehead atoms. The molecule has 2 heterocycles. The van der Waals surface area contributed by atoms with Gasteiger partial charge in [-0.05, 0) is 25.0 Å². The van der Waals surface area contributed by atoms with Crippen molar-refractivity contribution >= 4 is 5.82 Å². The Morgan fingerprint density at radius 2 is 2.00 bits per heavy atom. The number of aliphatic hydroxyl groups excluding tert-OH is 2. The lowest BCUT2D eigenvalue weighted by Gasteiger charge is -2.40. The molecule has 1 aromatic heterocycles. The maximum atomic E-state index is 12.5. The number of piperidine rings is 1. The van der Waals surface area contributed by atoms with Crippen molar-refractivity contribution in [3.8, 4) is 0 Å². The summed E-state index contributed by atoms with van der Waals surface area (Å²) in [6, 6.07) is 1.99. The van der Waals surface area contributed by atoms with E-state index in [-0.39, 0.29) is 25.2 Å². The Morgan fingerprint density at radius 1 is 1.25 bits per heavy atom. The van der Waals surface area contributed by atoms with Gasteiger partial charge in [0.05, 0.1) is 18.2 Å². The van der Waals surface area contributed by atoms with Crippen molar-refractivity contribution in [2.75, 3.05) is 24.7 Å². The summed E-state index contributed by atoms with van der Waals surface area (Å²) in [7, 11) is 0. The quantitative estimate of drug-likeness (QED) is 0.889. The van der Waals surface area contributed by atoms with E-state index in [9.17, 15) is 23.4 Å². The molecule has 4 nitrogen and oxygen atoms in total. The SMILES string of the molecule is OC[C@@H]1CCCN(c2ccc(C(F)(F)F)cn2)[C@@H]1CO. The molecule has 0 spiro atoms. The molecule has 0 radical (unpaired) electrons. The van der Waals surface area contributed by atoms with Gasteiger partial charge in [-0.15, -0.1) is 0 Å². The maximum absolute atomic E-state index is 12.5. The zero-order chi connectivity index (χ0) is 14.8.